The van der Waals surface area contributed by atoms with Crippen LogP contribution in [0.3, 0.4) is 0 Å². The van der Waals surface area contributed by atoms with Gasteiger partial charge >= 0.3 is 6.18 Å². The number of anilines is 2. The summed E-state index contributed by atoms with van der Waals surface area (Å²) in [7, 11) is 5.45. The van der Waals surface area contributed by atoms with Gasteiger partial charge in [-0.15, -0.1) is 0 Å². The topological polar surface area (TPSA) is 92.4 Å². The van der Waals surface area contributed by atoms with E-state index in [1.165, 1.54) is 24.2 Å². The Bertz CT molecular complexity index is 1120. The van der Waals surface area contributed by atoms with Crippen molar-refractivity contribution in [2.24, 2.45) is 7.05 Å². The van der Waals surface area contributed by atoms with Crippen molar-refractivity contribution >= 4 is 23.1 Å². The molecule has 3 aromatic heterocycles. The summed E-state index contributed by atoms with van der Waals surface area (Å²) in [5.41, 5.74) is -1.26. The van der Waals surface area contributed by atoms with Gasteiger partial charge in [-0.05, 0) is 33.0 Å². The van der Waals surface area contributed by atoms with Crippen LogP contribution in [-0.4, -0.2) is 61.4 Å². The number of alkyl halides is 3. The first-order valence-electron chi connectivity index (χ1n) is 10.3. The molecule has 1 fully saturated rings. The van der Waals surface area contributed by atoms with Crippen molar-refractivity contribution in [2.45, 2.75) is 43.9 Å². The van der Waals surface area contributed by atoms with Gasteiger partial charge in [-0.3, -0.25) is 9.48 Å². The molecule has 1 aliphatic rings. The molecule has 0 saturated heterocycles. The van der Waals surface area contributed by atoms with Gasteiger partial charge in [0, 0.05) is 31.5 Å². The van der Waals surface area contributed by atoms with Crippen molar-refractivity contribution in [2.75, 3.05) is 24.7 Å². The summed E-state index contributed by atoms with van der Waals surface area (Å²) in [6.07, 6.45) is 3.75. The molecule has 0 unspecified atom stereocenters. The van der Waals surface area contributed by atoms with Gasteiger partial charge in [-0.2, -0.15) is 23.4 Å². The van der Waals surface area contributed by atoms with Gasteiger partial charge in [-0.25, -0.2) is 9.50 Å². The van der Waals surface area contributed by atoms with Crippen LogP contribution in [0.5, 0.6) is 0 Å². The Labute approximate surface area is 182 Å². The molecule has 0 radical (unpaired) electrons. The zero-order valence-corrected chi connectivity index (χ0v) is 18.0. The molecule has 0 aromatic carbocycles. The maximum Gasteiger partial charge on any atom is 0.437 e. The number of nitrogens with one attached hydrogen (secondary N) is 2. The van der Waals surface area contributed by atoms with Crippen LogP contribution in [0.4, 0.5) is 24.7 Å². The Kier molecular flexibility index (Phi) is 5.80. The van der Waals surface area contributed by atoms with E-state index in [1.54, 1.807) is 12.3 Å². The number of nitrogens with zero attached hydrogens (tertiary/aromatic N) is 6. The lowest BCUT2D eigenvalue weighted by molar-refractivity contribution is -0.140. The van der Waals surface area contributed by atoms with Crippen LogP contribution in [0.2, 0.25) is 0 Å². The molecule has 2 atom stereocenters. The normalized spacial score (nSPS) is 19.5. The molecule has 0 aliphatic heterocycles. The van der Waals surface area contributed by atoms with Crippen molar-refractivity contribution in [3.8, 4) is 0 Å². The number of aryl methyl sites for hydroxylation is 1. The Morgan fingerprint density at radius 2 is 2.00 bits per heavy atom. The third-order valence-electron chi connectivity index (χ3n) is 5.69. The van der Waals surface area contributed by atoms with Crippen LogP contribution in [-0.2, 0) is 13.2 Å². The summed E-state index contributed by atoms with van der Waals surface area (Å²) in [5, 5.41) is 13.3. The predicted octanol–water partition coefficient (Wildman–Crippen LogP) is 3.02. The van der Waals surface area contributed by atoms with Crippen LogP contribution in [0.15, 0.2) is 24.7 Å². The number of hydrogen-bond acceptors (Lipinski definition) is 6. The molecule has 2 N–H and O–H groups in total. The number of amides is 1. The quantitative estimate of drug-likeness (QED) is 0.621. The predicted molar refractivity (Wildman–Crippen MR) is 113 cm³/mol. The third kappa shape index (κ3) is 4.40. The molecule has 1 aliphatic carbocycles. The highest BCUT2D eigenvalue weighted by Gasteiger charge is 2.38. The van der Waals surface area contributed by atoms with Crippen molar-refractivity contribution in [3.05, 3.63) is 35.9 Å². The number of likely N-dealkylation sites (N-methyl/N-ethyl adjacent to an activating group) is 1. The summed E-state index contributed by atoms with van der Waals surface area (Å²) in [6, 6.07) is 2.34. The van der Waals surface area contributed by atoms with E-state index in [2.05, 4.69) is 30.7 Å². The standard InChI is InChI=1S/C20H25F3N8O/c1-29(2)15-7-5-4-6-13(15)25-16-8-9-31-18(27-16)12(10-24-31)19(32)26-14-11-30(3)28-17(14)20(21,22)23/h8-11,13,15H,4-7H2,1-3H3,(H,25,27)(H,26,32)/t13-,15+/m1/s1. The average Bonchev–Trinajstić information content (AvgIpc) is 3.31. The lowest BCUT2D eigenvalue weighted by Gasteiger charge is -2.36. The molecular formula is C20H25F3N8O. The Balaban J connectivity index is 1.59. The van der Waals surface area contributed by atoms with Crippen molar-refractivity contribution < 1.29 is 18.0 Å². The molecule has 1 saturated carbocycles. The molecule has 4 rings (SSSR count). The zero-order valence-electron chi connectivity index (χ0n) is 18.0. The van der Waals surface area contributed by atoms with Crippen molar-refractivity contribution in [3.63, 3.8) is 0 Å². The van der Waals surface area contributed by atoms with E-state index < -0.39 is 23.5 Å². The minimum Gasteiger partial charge on any atom is -0.366 e. The first-order chi connectivity index (χ1) is 15.1. The van der Waals surface area contributed by atoms with Gasteiger partial charge in [-0.1, -0.05) is 12.8 Å². The average molecular weight is 450 g/mol. The SMILES string of the molecule is CN(C)[C@H]1CCCC[C@H]1Nc1ccn2ncc(C(=O)Nc3cn(C)nc3C(F)(F)F)c2n1. The van der Waals surface area contributed by atoms with Gasteiger partial charge in [0.2, 0.25) is 0 Å². The summed E-state index contributed by atoms with van der Waals surface area (Å²) < 4.78 is 42.0. The molecule has 32 heavy (non-hydrogen) atoms. The number of fused-ring (bicyclic) bond motifs is 1. The van der Waals surface area contributed by atoms with E-state index in [9.17, 15) is 18.0 Å². The number of rotatable bonds is 5. The molecule has 0 bridgehead atoms. The second-order valence-electron chi connectivity index (χ2n) is 8.22. The largest absolute Gasteiger partial charge is 0.437 e. The molecule has 9 nitrogen and oxygen atoms in total. The fourth-order valence-electron chi connectivity index (χ4n) is 4.18. The van der Waals surface area contributed by atoms with E-state index in [0.717, 1.165) is 30.1 Å². The van der Waals surface area contributed by atoms with E-state index in [0.29, 0.717) is 11.9 Å². The first-order valence-corrected chi connectivity index (χ1v) is 10.3. The van der Waals surface area contributed by atoms with E-state index in [4.69, 9.17) is 0 Å². The van der Waals surface area contributed by atoms with Crippen LogP contribution < -0.4 is 10.6 Å². The first kappa shape index (κ1) is 22.1. The lowest BCUT2D eigenvalue weighted by atomic mass is 9.89. The molecule has 172 valence electrons. The number of carbonyl (C=O) groups is 1. The molecule has 12 heteroatoms. The number of halogens is 3. The maximum absolute atomic E-state index is 13.2. The number of hydrogen-bond donors (Lipinski definition) is 2. The summed E-state index contributed by atoms with van der Waals surface area (Å²) in [4.78, 5) is 19.5. The maximum atomic E-state index is 13.2. The molecule has 3 aromatic rings. The molecule has 3 heterocycles. The number of carbonyl (C=O) groups excluding carboxylic acids is 1. The van der Waals surface area contributed by atoms with Crippen LogP contribution in [0, 0.1) is 0 Å². The van der Waals surface area contributed by atoms with E-state index in [1.807, 2.05) is 14.1 Å². The van der Waals surface area contributed by atoms with Gasteiger partial charge in [0.1, 0.15) is 11.4 Å². The lowest BCUT2D eigenvalue weighted by Crippen LogP contribution is -2.45. The van der Waals surface area contributed by atoms with Gasteiger partial charge in [0.25, 0.3) is 5.91 Å². The van der Waals surface area contributed by atoms with Crippen LogP contribution in [0.25, 0.3) is 5.65 Å². The zero-order chi connectivity index (χ0) is 23.0. The second kappa shape index (κ2) is 8.41. The highest BCUT2D eigenvalue weighted by molar-refractivity contribution is 6.08. The Morgan fingerprint density at radius 1 is 1.25 bits per heavy atom. The fraction of sp³-hybridized carbons (Fsp3) is 0.500. The van der Waals surface area contributed by atoms with E-state index >= 15 is 0 Å². The highest BCUT2D eigenvalue weighted by atomic mass is 19.4. The summed E-state index contributed by atoms with van der Waals surface area (Å²) >= 11 is 0. The molecule has 1 amide bonds. The summed E-state index contributed by atoms with van der Waals surface area (Å²) in [5.74, 6) is -0.157. The summed E-state index contributed by atoms with van der Waals surface area (Å²) in [6.45, 7) is 0. The monoisotopic (exact) mass is 450 g/mol. The second-order valence-corrected chi connectivity index (χ2v) is 8.22. The molecular weight excluding hydrogens is 425 g/mol. The van der Waals surface area contributed by atoms with Crippen LogP contribution >= 0.6 is 0 Å². The minimum atomic E-state index is -4.69. The Morgan fingerprint density at radius 3 is 2.72 bits per heavy atom. The number of aromatic nitrogens is 5. The fourth-order valence-corrected chi connectivity index (χ4v) is 4.18. The third-order valence-corrected chi connectivity index (χ3v) is 5.69. The minimum absolute atomic E-state index is 0.0680. The highest BCUT2D eigenvalue weighted by Crippen LogP contribution is 2.33. The van der Waals surface area contributed by atoms with Gasteiger partial charge in [0.05, 0.1) is 11.9 Å². The molecule has 0 spiro atoms. The van der Waals surface area contributed by atoms with Gasteiger partial charge in [0.15, 0.2) is 11.3 Å². The smallest absolute Gasteiger partial charge is 0.366 e. The van der Waals surface area contributed by atoms with Crippen molar-refractivity contribution in [1.82, 2.24) is 29.3 Å². The van der Waals surface area contributed by atoms with Crippen molar-refractivity contribution in [1.29, 1.82) is 0 Å². The Hall–Kier alpha value is -3.15. The van der Waals surface area contributed by atoms with Gasteiger partial charge < -0.3 is 15.5 Å². The van der Waals surface area contributed by atoms with E-state index in [-0.39, 0.29) is 17.3 Å². The van der Waals surface area contributed by atoms with Crippen LogP contribution in [0.1, 0.15) is 41.7 Å².